The van der Waals surface area contributed by atoms with Gasteiger partial charge >= 0.3 is 11.4 Å². The van der Waals surface area contributed by atoms with Gasteiger partial charge in [0.05, 0.1) is 15.9 Å². The summed E-state index contributed by atoms with van der Waals surface area (Å²) in [6, 6.07) is 11.7. The van der Waals surface area contributed by atoms with Crippen LogP contribution in [0.1, 0.15) is 0 Å². The van der Waals surface area contributed by atoms with E-state index in [1.54, 1.807) is 30.3 Å². The molecule has 0 atom stereocenters. The molecular weight excluding hydrogens is 318 g/mol. The molecule has 3 aromatic rings. The highest BCUT2D eigenvalue weighted by atomic mass is 16.6. The lowest BCUT2D eigenvalue weighted by atomic mass is 10.2. The number of rotatable bonds is 4. The molecular formula is C14H9N5O5. The third-order valence-electron chi connectivity index (χ3n) is 3.26. The van der Waals surface area contributed by atoms with Gasteiger partial charge in [0.15, 0.2) is 5.82 Å². The summed E-state index contributed by atoms with van der Waals surface area (Å²) in [6.45, 7) is 0. The minimum atomic E-state index is -0.800. The Morgan fingerprint density at radius 1 is 1.00 bits per heavy atom. The van der Waals surface area contributed by atoms with Crippen LogP contribution in [0.3, 0.4) is 0 Å². The second kappa shape index (κ2) is 5.76. The molecule has 1 aromatic heterocycles. The number of non-ortho nitro benzene ring substituents is 1. The Balaban J connectivity index is 2.16. The Labute approximate surface area is 133 Å². The first-order valence-electron chi connectivity index (χ1n) is 6.65. The van der Waals surface area contributed by atoms with Gasteiger partial charge in [0.2, 0.25) is 0 Å². The Kier molecular flexibility index (Phi) is 3.62. The molecule has 120 valence electrons. The second-order valence-electron chi connectivity index (χ2n) is 4.74. The van der Waals surface area contributed by atoms with Crippen molar-refractivity contribution in [2.45, 2.75) is 0 Å². The molecule has 2 aromatic carbocycles. The van der Waals surface area contributed by atoms with Crippen molar-refractivity contribution in [3.8, 4) is 17.1 Å². The van der Waals surface area contributed by atoms with E-state index in [-0.39, 0.29) is 11.5 Å². The number of aromatic nitrogens is 3. The molecule has 0 radical (unpaired) electrons. The fraction of sp³-hybridized carbons (Fsp3) is 0. The molecule has 0 spiro atoms. The van der Waals surface area contributed by atoms with Crippen LogP contribution in [0.15, 0.2) is 53.3 Å². The van der Waals surface area contributed by atoms with E-state index >= 15 is 0 Å². The van der Waals surface area contributed by atoms with Gasteiger partial charge in [-0.2, -0.15) is 4.68 Å². The van der Waals surface area contributed by atoms with Crippen molar-refractivity contribution in [3.63, 3.8) is 0 Å². The molecule has 0 saturated heterocycles. The lowest BCUT2D eigenvalue weighted by molar-refractivity contribution is -0.394. The molecule has 3 rings (SSSR count). The van der Waals surface area contributed by atoms with Crippen molar-refractivity contribution < 1.29 is 9.85 Å². The van der Waals surface area contributed by atoms with E-state index in [9.17, 15) is 25.0 Å². The van der Waals surface area contributed by atoms with Crippen molar-refractivity contribution in [2.75, 3.05) is 0 Å². The Morgan fingerprint density at radius 2 is 1.71 bits per heavy atom. The van der Waals surface area contributed by atoms with E-state index in [4.69, 9.17) is 0 Å². The molecule has 0 aliphatic carbocycles. The highest BCUT2D eigenvalue weighted by Gasteiger charge is 2.23. The van der Waals surface area contributed by atoms with E-state index < -0.39 is 26.9 Å². The fourth-order valence-electron chi connectivity index (χ4n) is 2.16. The van der Waals surface area contributed by atoms with Gasteiger partial charge in [-0.1, -0.05) is 30.3 Å². The number of nitrogens with zero attached hydrogens (tertiary/aromatic N) is 4. The number of aromatic amines is 1. The summed E-state index contributed by atoms with van der Waals surface area (Å²) in [6.07, 6.45) is 0. The summed E-state index contributed by atoms with van der Waals surface area (Å²) in [4.78, 5) is 35.0. The molecule has 0 aliphatic rings. The van der Waals surface area contributed by atoms with Crippen LogP contribution in [0.5, 0.6) is 0 Å². The minimum Gasteiger partial charge on any atom is -0.288 e. The molecule has 0 fully saturated rings. The summed E-state index contributed by atoms with van der Waals surface area (Å²) in [5.41, 5.74) is -1.26. The number of nitrogens with one attached hydrogen (secondary N) is 1. The number of benzene rings is 2. The Hall–Kier alpha value is -3.82. The summed E-state index contributed by atoms with van der Waals surface area (Å²) in [5, 5.41) is 26.0. The maximum atomic E-state index is 12.1. The van der Waals surface area contributed by atoms with Crippen LogP contribution in [-0.4, -0.2) is 24.6 Å². The van der Waals surface area contributed by atoms with Gasteiger partial charge in [-0.05, 0) is 6.07 Å². The van der Waals surface area contributed by atoms with Gasteiger partial charge < -0.3 is 0 Å². The maximum Gasteiger partial charge on any atom is 0.348 e. The van der Waals surface area contributed by atoms with Crippen LogP contribution in [0.2, 0.25) is 0 Å². The maximum absolute atomic E-state index is 12.1. The van der Waals surface area contributed by atoms with Crippen LogP contribution in [0.4, 0.5) is 11.4 Å². The molecule has 0 aliphatic heterocycles. The Morgan fingerprint density at radius 3 is 2.33 bits per heavy atom. The zero-order chi connectivity index (χ0) is 17.3. The highest BCUT2D eigenvalue weighted by molar-refractivity contribution is 5.59. The highest BCUT2D eigenvalue weighted by Crippen LogP contribution is 2.27. The van der Waals surface area contributed by atoms with Crippen molar-refractivity contribution >= 4 is 11.4 Å². The summed E-state index contributed by atoms with van der Waals surface area (Å²) < 4.78 is 0.810. The monoisotopic (exact) mass is 327 g/mol. The van der Waals surface area contributed by atoms with E-state index in [2.05, 4.69) is 10.1 Å². The summed E-state index contributed by atoms with van der Waals surface area (Å²) in [7, 11) is 0. The first-order valence-corrected chi connectivity index (χ1v) is 6.65. The van der Waals surface area contributed by atoms with Crippen molar-refractivity contribution in [1.82, 2.24) is 14.8 Å². The van der Waals surface area contributed by atoms with Crippen LogP contribution < -0.4 is 5.69 Å². The number of hydrogen-bond acceptors (Lipinski definition) is 6. The predicted molar refractivity (Wildman–Crippen MR) is 82.9 cm³/mol. The van der Waals surface area contributed by atoms with Gasteiger partial charge in [0.25, 0.3) is 5.69 Å². The average molecular weight is 327 g/mol. The molecule has 0 bridgehead atoms. The standard InChI is InChI=1S/C14H9N5O5/c20-14-15-13(9-4-2-1-3-5-9)16-17(14)11-7-6-10(18(21)22)8-12(11)19(23)24/h1-8H,(H,15,16,20). The predicted octanol–water partition coefficient (Wildman–Crippen LogP) is 2.04. The first-order chi connectivity index (χ1) is 11.5. The van der Waals surface area contributed by atoms with Crippen molar-refractivity contribution in [3.05, 3.63) is 79.2 Å². The van der Waals surface area contributed by atoms with Crippen LogP contribution in [0, 0.1) is 20.2 Å². The molecule has 0 unspecified atom stereocenters. The molecule has 1 heterocycles. The number of nitro benzene ring substituents is 2. The molecule has 10 nitrogen and oxygen atoms in total. The zero-order valence-electron chi connectivity index (χ0n) is 11.9. The fourth-order valence-corrected chi connectivity index (χ4v) is 2.16. The largest absolute Gasteiger partial charge is 0.348 e. The van der Waals surface area contributed by atoms with E-state index in [1.165, 1.54) is 0 Å². The third-order valence-corrected chi connectivity index (χ3v) is 3.26. The van der Waals surface area contributed by atoms with Crippen LogP contribution in [-0.2, 0) is 0 Å². The second-order valence-corrected chi connectivity index (χ2v) is 4.74. The summed E-state index contributed by atoms with van der Waals surface area (Å²) in [5.74, 6) is 0.230. The van der Waals surface area contributed by atoms with Gasteiger partial charge in [-0.25, -0.2) is 4.79 Å². The average Bonchev–Trinajstić information content (AvgIpc) is 2.96. The first kappa shape index (κ1) is 15.1. The van der Waals surface area contributed by atoms with E-state index in [0.717, 1.165) is 22.9 Å². The molecule has 10 heteroatoms. The molecule has 24 heavy (non-hydrogen) atoms. The van der Waals surface area contributed by atoms with Crippen LogP contribution >= 0.6 is 0 Å². The van der Waals surface area contributed by atoms with E-state index in [1.807, 2.05) is 0 Å². The normalized spacial score (nSPS) is 10.5. The van der Waals surface area contributed by atoms with Gasteiger partial charge in [0.1, 0.15) is 5.69 Å². The lowest BCUT2D eigenvalue weighted by Crippen LogP contribution is -2.17. The van der Waals surface area contributed by atoms with Crippen molar-refractivity contribution in [1.29, 1.82) is 0 Å². The quantitative estimate of drug-likeness (QED) is 0.575. The Bertz CT molecular complexity index is 992. The zero-order valence-corrected chi connectivity index (χ0v) is 11.9. The molecule has 0 amide bonds. The van der Waals surface area contributed by atoms with Gasteiger partial charge in [0, 0.05) is 11.6 Å². The number of hydrogen-bond donors (Lipinski definition) is 1. The van der Waals surface area contributed by atoms with Gasteiger partial charge in [-0.3, -0.25) is 25.2 Å². The third kappa shape index (κ3) is 2.63. The lowest BCUT2D eigenvalue weighted by Gasteiger charge is -2.01. The molecule has 0 saturated carbocycles. The number of nitro groups is 2. The van der Waals surface area contributed by atoms with Gasteiger partial charge in [-0.15, -0.1) is 5.10 Å². The SMILES string of the molecule is O=c1[nH]c(-c2ccccc2)nn1-c1ccc([N+](=O)[O-])cc1[N+](=O)[O-]. The van der Waals surface area contributed by atoms with Crippen molar-refractivity contribution in [2.24, 2.45) is 0 Å². The minimum absolute atomic E-state index is 0.158. The summed E-state index contributed by atoms with van der Waals surface area (Å²) >= 11 is 0. The topological polar surface area (TPSA) is 137 Å². The smallest absolute Gasteiger partial charge is 0.288 e. The molecule has 1 N–H and O–H groups in total. The van der Waals surface area contributed by atoms with E-state index in [0.29, 0.717) is 5.56 Å². The number of H-pyrrole nitrogens is 1. The van der Waals surface area contributed by atoms with Crippen LogP contribution in [0.25, 0.3) is 17.1 Å².